The summed E-state index contributed by atoms with van der Waals surface area (Å²) in [4.78, 5) is 36.0. The second-order valence-electron chi connectivity index (χ2n) is 13.1. The first kappa shape index (κ1) is 31.9. The lowest BCUT2D eigenvalue weighted by Gasteiger charge is -2.38. The number of nitrogens with one attached hydrogen (secondary N) is 1. The number of aromatic nitrogens is 2. The summed E-state index contributed by atoms with van der Waals surface area (Å²) in [6, 6.07) is 24.2. The molecule has 3 aromatic carbocycles. The van der Waals surface area contributed by atoms with E-state index in [4.69, 9.17) is 9.47 Å². The lowest BCUT2D eigenvalue weighted by atomic mass is 9.77. The van der Waals surface area contributed by atoms with Gasteiger partial charge in [0.2, 0.25) is 5.91 Å². The maximum atomic E-state index is 13.8. The normalized spacial score (nSPS) is 18.1. The molecule has 0 saturated carbocycles. The zero-order valence-electron chi connectivity index (χ0n) is 27.6. The second-order valence-corrected chi connectivity index (χ2v) is 13.1. The Bertz CT molecular complexity index is 1680. The summed E-state index contributed by atoms with van der Waals surface area (Å²) in [5.74, 6) is 0.895. The summed E-state index contributed by atoms with van der Waals surface area (Å²) in [5, 5.41) is 6.88. The minimum Gasteiger partial charge on any atom is -0.496 e. The van der Waals surface area contributed by atoms with E-state index in [1.54, 1.807) is 13.3 Å². The SMILES string of the molecule is COc1cc(N2CCC3(CCN(C(=O)c4ccc(N5CCN(CCOCc6ccccc6)CC5)cc4)CC3)C2=O)ccc1-c1cn[nH]c1. The fraction of sp³-hybridized carbons (Fsp3) is 0.395. The van der Waals surface area contributed by atoms with Crippen LogP contribution in [0.15, 0.2) is 85.2 Å². The van der Waals surface area contributed by atoms with Crippen LogP contribution >= 0.6 is 0 Å². The Morgan fingerprint density at radius 1 is 0.875 bits per heavy atom. The number of piperidine rings is 1. The second kappa shape index (κ2) is 14.2. The van der Waals surface area contributed by atoms with Gasteiger partial charge in [-0.05, 0) is 61.2 Å². The number of carbonyl (C=O) groups is 2. The van der Waals surface area contributed by atoms with Gasteiger partial charge in [-0.25, -0.2) is 0 Å². The molecule has 4 aromatic rings. The number of anilines is 2. The molecule has 3 fully saturated rings. The topological polar surface area (TPSA) is 94.2 Å². The van der Waals surface area contributed by atoms with Crippen molar-refractivity contribution >= 4 is 23.2 Å². The Kier molecular flexibility index (Phi) is 9.45. The van der Waals surface area contributed by atoms with Crippen LogP contribution in [0.4, 0.5) is 11.4 Å². The molecule has 4 heterocycles. The molecule has 0 aliphatic carbocycles. The van der Waals surface area contributed by atoms with Crippen LogP contribution in [0.1, 0.15) is 35.2 Å². The molecule has 0 radical (unpaired) electrons. The Balaban J connectivity index is 0.882. The number of amides is 2. The van der Waals surface area contributed by atoms with Gasteiger partial charge >= 0.3 is 0 Å². The Morgan fingerprint density at radius 3 is 2.31 bits per heavy atom. The predicted molar refractivity (Wildman–Crippen MR) is 186 cm³/mol. The van der Waals surface area contributed by atoms with Crippen LogP contribution in [0.2, 0.25) is 0 Å². The fourth-order valence-electron chi connectivity index (χ4n) is 7.34. The molecule has 3 aliphatic heterocycles. The number of rotatable bonds is 10. The van der Waals surface area contributed by atoms with Gasteiger partial charge in [0.1, 0.15) is 5.75 Å². The number of likely N-dealkylation sites (tertiary alicyclic amines) is 1. The van der Waals surface area contributed by atoms with E-state index in [1.165, 1.54) is 5.56 Å². The van der Waals surface area contributed by atoms with Gasteiger partial charge < -0.3 is 24.2 Å². The minimum absolute atomic E-state index is 0.0404. The lowest BCUT2D eigenvalue weighted by molar-refractivity contribution is -0.127. The first-order chi connectivity index (χ1) is 23.5. The largest absolute Gasteiger partial charge is 0.496 e. The van der Waals surface area contributed by atoms with E-state index in [0.29, 0.717) is 50.4 Å². The van der Waals surface area contributed by atoms with E-state index in [2.05, 4.69) is 44.3 Å². The third kappa shape index (κ3) is 6.68. The van der Waals surface area contributed by atoms with Crippen LogP contribution < -0.4 is 14.5 Å². The molecule has 3 aliphatic rings. The fourth-order valence-corrected chi connectivity index (χ4v) is 7.34. The van der Waals surface area contributed by atoms with Crippen molar-refractivity contribution in [2.24, 2.45) is 5.41 Å². The zero-order chi connectivity index (χ0) is 32.9. The van der Waals surface area contributed by atoms with Gasteiger partial charge in [0.05, 0.1) is 31.9 Å². The molecule has 2 amide bonds. The minimum atomic E-state index is -0.423. The molecule has 48 heavy (non-hydrogen) atoms. The van der Waals surface area contributed by atoms with Gasteiger partial charge in [-0.1, -0.05) is 30.3 Å². The molecule has 10 heteroatoms. The standard InChI is InChI=1S/C38H44N6O4/c1-47-35-25-33(11-12-34(35)31-26-39-40-27-31)44-18-15-38(37(44)46)13-16-43(17-14-38)36(45)30-7-9-32(10-8-30)42-21-19-41(20-22-42)23-24-48-28-29-5-3-2-4-6-29/h2-12,25-27H,13-24,28H2,1H3,(H,39,40). The van der Waals surface area contributed by atoms with E-state index in [0.717, 1.165) is 68.3 Å². The molecule has 0 unspecified atom stereocenters. The molecule has 1 spiro atoms. The summed E-state index contributed by atoms with van der Waals surface area (Å²) in [5.41, 5.74) is 5.33. The zero-order valence-corrected chi connectivity index (χ0v) is 27.6. The maximum Gasteiger partial charge on any atom is 0.253 e. The van der Waals surface area contributed by atoms with Crippen molar-refractivity contribution in [3.8, 4) is 16.9 Å². The number of ether oxygens (including phenoxy) is 2. The van der Waals surface area contributed by atoms with Crippen molar-refractivity contribution in [1.29, 1.82) is 0 Å². The highest BCUT2D eigenvalue weighted by molar-refractivity contribution is 6.01. The van der Waals surface area contributed by atoms with Crippen LogP contribution in [0.25, 0.3) is 11.1 Å². The summed E-state index contributed by atoms with van der Waals surface area (Å²) < 4.78 is 11.5. The first-order valence-electron chi connectivity index (χ1n) is 17.0. The number of hydrogen-bond acceptors (Lipinski definition) is 7. The number of methoxy groups -OCH3 is 1. The van der Waals surface area contributed by atoms with Crippen LogP contribution in [0, 0.1) is 5.41 Å². The van der Waals surface area contributed by atoms with E-state index in [-0.39, 0.29) is 11.8 Å². The Hall–Kier alpha value is -4.67. The van der Waals surface area contributed by atoms with Gasteiger partial charge in [0.15, 0.2) is 0 Å². The van der Waals surface area contributed by atoms with Crippen molar-refractivity contribution in [3.63, 3.8) is 0 Å². The monoisotopic (exact) mass is 648 g/mol. The van der Waals surface area contributed by atoms with Gasteiger partial charge in [-0.15, -0.1) is 0 Å². The number of nitrogens with zero attached hydrogens (tertiary/aromatic N) is 5. The Labute approximate surface area is 282 Å². The van der Waals surface area contributed by atoms with Crippen molar-refractivity contribution in [3.05, 3.63) is 96.3 Å². The molecule has 3 saturated heterocycles. The van der Waals surface area contributed by atoms with Crippen molar-refractivity contribution < 1.29 is 19.1 Å². The van der Waals surface area contributed by atoms with Crippen LogP contribution in [0.5, 0.6) is 5.75 Å². The van der Waals surface area contributed by atoms with E-state index in [1.807, 2.05) is 64.5 Å². The van der Waals surface area contributed by atoms with Gasteiger partial charge in [-0.2, -0.15) is 5.10 Å². The predicted octanol–water partition coefficient (Wildman–Crippen LogP) is 5.08. The number of carbonyl (C=O) groups excluding carboxylic acids is 2. The molecular formula is C38H44N6O4. The third-order valence-corrected chi connectivity index (χ3v) is 10.3. The highest BCUT2D eigenvalue weighted by Crippen LogP contribution is 2.44. The average Bonchev–Trinajstić information content (AvgIpc) is 3.79. The third-order valence-electron chi connectivity index (χ3n) is 10.3. The van der Waals surface area contributed by atoms with Gasteiger partial charge in [0.25, 0.3) is 5.91 Å². The van der Waals surface area contributed by atoms with E-state index >= 15 is 0 Å². The number of aromatic amines is 1. The van der Waals surface area contributed by atoms with Crippen molar-refractivity contribution in [2.75, 3.05) is 75.9 Å². The summed E-state index contributed by atoms with van der Waals surface area (Å²) in [7, 11) is 1.64. The first-order valence-corrected chi connectivity index (χ1v) is 17.0. The molecule has 1 N–H and O–H groups in total. The van der Waals surface area contributed by atoms with Gasteiger partial charge in [0, 0.05) is 92.7 Å². The lowest BCUT2D eigenvalue weighted by Crippen LogP contribution is -2.47. The van der Waals surface area contributed by atoms with Crippen molar-refractivity contribution in [2.45, 2.75) is 25.9 Å². The summed E-state index contributed by atoms with van der Waals surface area (Å²) in [6.45, 7) is 8.03. The van der Waals surface area contributed by atoms with E-state index in [9.17, 15) is 9.59 Å². The molecular weight excluding hydrogens is 604 g/mol. The average molecular weight is 649 g/mol. The van der Waals surface area contributed by atoms with Crippen LogP contribution in [-0.4, -0.2) is 97.9 Å². The summed E-state index contributed by atoms with van der Waals surface area (Å²) in [6.07, 6.45) is 5.73. The number of hydrogen-bond donors (Lipinski definition) is 1. The molecule has 1 aromatic heterocycles. The van der Waals surface area contributed by atoms with Gasteiger partial charge in [-0.3, -0.25) is 19.6 Å². The summed E-state index contributed by atoms with van der Waals surface area (Å²) >= 11 is 0. The maximum absolute atomic E-state index is 13.8. The molecule has 10 nitrogen and oxygen atoms in total. The van der Waals surface area contributed by atoms with Crippen molar-refractivity contribution in [1.82, 2.24) is 20.0 Å². The Morgan fingerprint density at radius 2 is 1.60 bits per heavy atom. The van der Waals surface area contributed by atoms with E-state index < -0.39 is 5.41 Å². The molecule has 0 bridgehead atoms. The molecule has 7 rings (SSSR count). The molecule has 0 atom stereocenters. The number of benzene rings is 3. The molecule has 250 valence electrons. The van der Waals surface area contributed by atoms with Crippen LogP contribution in [0.3, 0.4) is 0 Å². The quantitative estimate of drug-likeness (QED) is 0.240. The number of H-pyrrole nitrogens is 1. The van der Waals surface area contributed by atoms with Crippen LogP contribution in [-0.2, 0) is 16.1 Å². The number of piperazine rings is 1. The highest BCUT2D eigenvalue weighted by atomic mass is 16.5. The smallest absolute Gasteiger partial charge is 0.253 e. The highest BCUT2D eigenvalue weighted by Gasteiger charge is 2.49.